The van der Waals surface area contributed by atoms with Gasteiger partial charge in [-0.15, -0.1) is 0 Å². The first-order valence-electron chi connectivity index (χ1n) is 11.8. The molecule has 0 amide bonds. The number of fused-ring (bicyclic) bond motifs is 2. The summed E-state index contributed by atoms with van der Waals surface area (Å²) in [7, 11) is 0. The number of carbonyl (C=O) groups excluding carboxylic acids is 2. The van der Waals surface area contributed by atoms with Gasteiger partial charge in [-0.25, -0.2) is 4.79 Å². The van der Waals surface area contributed by atoms with Gasteiger partial charge in [0, 0.05) is 23.8 Å². The molecule has 7 nitrogen and oxygen atoms in total. The van der Waals surface area contributed by atoms with Crippen molar-refractivity contribution >= 4 is 11.8 Å². The SMILES string of the molecule is CC1=C[C@]2(O)[C@](O)(OC1)[C@H](C)[C@H]1CC[C@@H](C)[C@@H]1[C@@]2(O)C(=O)[C@@H](C)CC[C@H]1OC(=O)C=C1C. The van der Waals surface area contributed by atoms with Crippen LogP contribution < -0.4 is 0 Å². The Morgan fingerprint density at radius 3 is 2.53 bits per heavy atom. The van der Waals surface area contributed by atoms with Crippen molar-refractivity contribution in [3.63, 3.8) is 0 Å². The van der Waals surface area contributed by atoms with Gasteiger partial charge in [0.15, 0.2) is 17.0 Å². The van der Waals surface area contributed by atoms with Crippen molar-refractivity contribution in [2.45, 2.75) is 83.4 Å². The van der Waals surface area contributed by atoms with Gasteiger partial charge in [0.1, 0.15) is 6.10 Å². The minimum atomic E-state index is -2.25. The van der Waals surface area contributed by atoms with Crippen LogP contribution in [0.5, 0.6) is 0 Å². The monoisotopic (exact) mass is 448 g/mol. The van der Waals surface area contributed by atoms with Gasteiger partial charge in [0.25, 0.3) is 0 Å². The maximum absolute atomic E-state index is 13.9. The normalized spacial score (nSPS) is 46.6. The molecular weight excluding hydrogens is 412 g/mol. The van der Waals surface area contributed by atoms with E-state index in [4.69, 9.17) is 9.47 Å². The van der Waals surface area contributed by atoms with Gasteiger partial charge < -0.3 is 24.8 Å². The van der Waals surface area contributed by atoms with E-state index < -0.39 is 40.5 Å². The molecule has 0 aromatic carbocycles. The maximum atomic E-state index is 13.9. The fourth-order valence-corrected chi connectivity index (χ4v) is 6.85. The molecule has 0 bridgehead atoms. The fourth-order valence-electron chi connectivity index (χ4n) is 6.85. The van der Waals surface area contributed by atoms with Crippen molar-refractivity contribution in [1.29, 1.82) is 0 Å². The number of hydrogen-bond donors (Lipinski definition) is 3. The summed E-state index contributed by atoms with van der Waals surface area (Å²) < 4.78 is 11.1. The molecule has 2 aliphatic carbocycles. The zero-order chi connectivity index (χ0) is 23.6. The summed E-state index contributed by atoms with van der Waals surface area (Å²) in [5.41, 5.74) is -2.96. The van der Waals surface area contributed by atoms with E-state index in [1.165, 1.54) is 12.2 Å². The molecule has 0 saturated heterocycles. The zero-order valence-corrected chi connectivity index (χ0v) is 19.6. The highest BCUT2D eigenvalue weighted by Crippen LogP contribution is 2.62. The number of ether oxygens (including phenoxy) is 2. The number of Topliss-reactive ketones (excluding diaryl/α,β-unsaturated/α-hetero) is 1. The Morgan fingerprint density at radius 1 is 1.22 bits per heavy atom. The molecule has 0 aromatic rings. The highest BCUT2D eigenvalue weighted by molar-refractivity contribution is 5.92. The third kappa shape index (κ3) is 3.08. The molecule has 7 heteroatoms. The largest absolute Gasteiger partial charge is 0.455 e. The molecule has 4 rings (SSSR count). The Morgan fingerprint density at radius 2 is 1.91 bits per heavy atom. The van der Waals surface area contributed by atoms with Crippen LogP contribution in [-0.4, -0.2) is 56.8 Å². The smallest absolute Gasteiger partial charge is 0.331 e. The Hall–Kier alpha value is -1.54. The van der Waals surface area contributed by atoms with Crippen LogP contribution in [0, 0.1) is 29.6 Å². The maximum Gasteiger partial charge on any atom is 0.331 e. The van der Waals surface area contributed by atoms with Gasteiger partial charge in [-0.05, 0) is 62.2 Å². The Bertz CT molecular complexity index is 878. The van der Waals surface area contributed by atoms with Crippen LogP contribution in [0.1, 0.15) is 60.3 Å². The Kier molecular flexibility index (Phi) is 5.72. The lowest BCUT2D eigenvalue weighted by Gasteiger charge is -2.62. The van der Waals surface area contributed by atoms with E-state index in [0.29, 0.717) is 18.4 Å². The molecule has 32 heavy (non-hydrogen) atoms. The van der Waals surface area contributed by atoms with E-state index in [1.807, 2.05) is 20.8 Å². The molecule has 2 saturated carbocycles. The number of ketones is 1. The van der Waals surface area contributed by atoms with Gasteiger partial charge in [0.05, 0.1) is 6.61 Å². The molecular formula is C25H36O7. The summed E-state index contributed by atoms with van der Waals surface area (Å²) in [4.78, 5) is 25.5. The molecule has 0 radical (unpaired) electrons. The quantitative estimate of drug-likeness (QED) is 0.437. The van der Waals surface area contributed by atoms with Crippen molar-refractivity contribution in [2.75, 3.05) is 6.61 Å². The Balaban J connectivity index is 1.70. The first-order valence-corrected chi connectivity index (χ1v) is 11.8. The number of rotatable bonds is 5. The van der Waals surface area contributed by atoms with Crippen molar-refractivity contribution < 1.29 is 34.4 Å². The molecule has 178 valence electrons. The van der Waals surface area contributed by atoms with Crippen molar-refractivity contribution in [2.24, 2.45) is 29.6 Å². The summed E-state index contributed by atoms with van der Waals surface area (Å²) in [5, 5.41) is 35.8. The molecule has 0 aromatic heterocycles. The van der Waals surface area contributed by atoms with Crippen LogP contribution in [0.2, 0.25) is 0 Å². The molecule has 0 unspecified atom stereocenters. The number of carbonyl (C=O) groups is 2. The molecule has 9 atom stereocenters. The van der Waals surface area contributed by atoms with E-state index in [2.05, 4.69) is 0 Å². The Labute approximate surface area is 189 Å². The molecule has 2 fully saturated rings. The van der Waals surface area contributed by atoms with E-state index in [-0.39, 0.29) is 30.5 Å². The van der Waals surface area contributed by atoms with Crippen molar-refractivity contribution in [1.82, 2.24) is 0 Å². The van der Waals surface area contributed by atoms with Crippen LogP contribution >= 0.6 is 0 Å². The molecule has 2 aliphatic heterocycles. The third-order valence-corrected chi connectivity index (χ3v) is 8.67. The van der Waals surface area contributed by atoms with E-state index >= 15 is 0 Å². The highest BCUT2D eigenvalue weighted by atomic mass is 16.6. The lowest BCUT2D eigenvalue weighted by Crippen LogP contribution is -2.81. The number of hydrogen-bond acceptors (Lipinski definition) is 7. The fraction of sp³-hybridized carbons (Fsp3) is 0.760. The molecule has 2 heterocycles. The van der Waals surface area contributed by atoms with Crippen LogP contribution in [0.3, 0.4) is 0 Å². The summed E-state index contributed by atoms with van der Waals surface area (Å²) in [6, 6.07) is 0. The standard InChI is InChI=1S/C25H36O7/c1-13-11-23(28)24(29,22(27)15(3)7-9-19-16(4)10-20(26)32-19)21-14(2)6-8-18(21)17(5)25(23,30)31-12-13/h10-11,14-15,17-19,21,28-30H,6-9,12H2,1-5H3/t14-,15+,17-,18-,19-,21+,23-,24-,25-/m1/s1. The lowest BCUT2D eigenvalue weighted by atomic mass is 9.51. The van der Waals surface area contributed by atoms with Crippen LogP contribution in [-0.2, 0) is 19.1 Å². The van der Waals surface area contributed by atoms with Crippen LogP contribution in [0.15, 0.2) is 23.3 Å². The van der Waals surface area contributed by atoms with Gasteiger partial charge >= 0.3 is 5.97 Å². The second-order valence-corrected chi connectivity index (χ2v) is 10.7. The average molecular weight is 449 g/mol. The van der Waals surface area contributed by atoms with E-state index in [0.717, 1.165) is 18.4 Å². The first-order chi connectivity index (χ1) is 14.9. The van der Waals surface area contributed by atoms with Crippen molar-refractivity contribution in [3.05, 3.63) is 23.3 Å². The predicted molar refractivity (Wildman–Crippen MR) is 116 cm³/mol. The van der Waals surface area contributed by atoms with Gasteiger partial charge in [-0.2, -0.15) is 0 Å². The second kappa shape index (κ2) is 7.76. The minimum absolute atomic E-state index is 0.00812. The van der Waals surface area contributed by atoms with Gasteiger partial charge in [0.2, 0.25) is 5.79 Å². The summed E-state index contributed by atoms with van der Waals surface area (Å²) in [5.74, 6) is -4.61. The first kappa shape index (κ1) is 23.6. The zero-order valence-electron chi connectivity index (χ0n) is 19.6. The lowest BCUT2D eigenvalue weighted by molar-refractivity contribution is -0.381. The predicted octanol–water partition coefficient (Wildman–Crippen LogP) is 2.28. The summed E-state index contributed by atoms with van der Waals surface area (Å²) >= 11 is 0. The van der Waals surface area contributed by atoms with Gasteiger partial charge in [-0.3, -0.25) is 4.79 Å². The second-order valence-electron chi connectivity index (χ2n) is 10.7. The topological polar surface area (TPSA) is 113 Å². The third-order valence-electron chi connectivity index (χ3n) is 8.67. The number of cyclic esters (lactones) is 1. The average Bonchev–Trinajstić information content (AvgIpc) is 3.27. The summed E-state index contributed by atoms with van der Waals surface area (Å²) in [6.45, 7) is 9.27. The van der Waals surface area contributed by atoms with E-state index in [9.17, 15) is 24.9 Å². The van der Waals surface area contributed by atoms with Crippen molar-refractivity contribution in [3.8, 4) is 0 Å². The number of aliphatic hydroxyl groups is 3. The van der Waals surface area contributed by atoms with Crippen LogP contribution in [0.25, 0.3) is 0 Å². The highest BCUT2D eigenvalue weighted by Gasteiger charge is 2.77. The van der Waals surface area contributed by atoms with E-state index in [1.54, 1.807) is 13.8 Å². The molecule has 4 aliphatic rings. The molecule has 0 spiro atoms. The van der Waals surface area contributed by atoms with Gasteiger partial charge in [-0.1, -0.05) is 27.2 Å². The number of esters is 1. The summed E-state index contributed by atoms with van der Waals surface area (Å²) in [6.07, 6.45) is 4.91. The molecule has 3 N–H and O–H groups in total. The minimum Gasteiger partial charge on any atom is -0.455 e. The van der Waals surface area contributed by atoms with Crippen LogP contribution in [0.4, 0.5) is 0 Å².